The third-order valence-electron chi connectivity index (χ3n) is 2.92. The van der Waals surface area contributed by atoms with Crippen LogP contribution in [-0.2, 0) is 17.7 Å². The number of halogens is 1. The topological polar surface area (TPSA) is 57.0 Å². The Hall–Kier alpha value is -1.69. The highest BCUT2D eigenvalue weighted by Gasteiger charge is 2.19. The molecule has 0 saturated carbocycles. The Balaban J connectivity index is 2.31. The lowest BCUT2D eigenvalue weighted by atomic mass is 10.2. The van der Waals surface area contributed by atoms with E-state index in [0.717, 1.165) is 28.6 Å². The van der Waals surface area contributed by atoms with Crippen LogP contribution in [0.2, 0.25) is 0 Å². The van der Waals surface area contributed by atoms with Gasteiger partial charge in [-0.25, -0.2) is 9.48 Å². The second kappa shape index (κ2) is 6.65. The molecule has 2 rings (SSSR count). The molecule has 0 radical (unpaired) electrons. The highest BCUT2D eigenvalue weighted by atomic mass is 79.9. The molecule has 0 bridgehead atoms. The number of methoxy groups -OCH3 is 1. The number of hydrogen-bond donors (Lipinski definition) is 0. The highest BCUT2D eigenvalue weighted by Crippen LogP contribution is 2.15. The van der Waals surface area contributed by atoms with Crippen molar-refractivity contribution in [2.75, 3.05) is 7.11 Å². The van der Waals surface area contributed by atoms with Crippen LogP contribution in [-0.4, -0.2) is 28.1 Å². The van der Waals surface area contributed by atoms with E-state index in [1.165, 1.54) is 7.11 Å². The van der Waals surface area contributed by atoms with Crippen molar-refractivity contribution < 1.29 is 9.53 Å². The summed E-state index contributed by atoms with van der Waals surface area (Å²) < 4.78 is 7.52. The average molecular weight is 338 g/mol. The largest absolute Gasteiger partial charge is 0.464 e. The zero-order valence-corrected chi connectivity index (χ0v) is 13.1. The molecule has 0 aliphatic carbocycles. The number of aromatic nitrogens is 3. The van der Waals surface area contributed by atoms with Gasteiger partial charge in [0.25, 0.3) is 0 Å². The van der Waals surface area contributed by atoms with Gasteiger partial charge in [0.1, 0.15) is 0 Å². The van der Waals surface area contributed by atoms with Crippen molar-refractivity contribution in [2.45, 2.75) is 26.3 Å². The van der Waals surface area contributed by atoms with Gasteiger partial charge in [-0.2, -0.15) is 0 Å². The molecule has 0 fully saturated rings. The molecule has 0 unspecified atom stereocenters. The maximum absolute atomic E-state index is 11.7. The number of rotatable bonds is 5. The SMILES string of the molecule is CCCc1c(C(=O)OC)nnn1Cc1cccc(Br)c1. The first kappa shape index (κ1) is 14.7. The molecule has 0 aliphatic rings. The molecular weight excluding hydrogens is 322 g/mol. The number of hydrogen-bond acceptors (Lipinski definition) is 4. The number of nitrogens with zero attached hydrogens (tertiary/aromatic N) is 3. The van der Waals surface area contributed by atoms with E-state index >= 15 is 0 Å². The van der Waals surface area contributed by atoms with Gasteiger partial charge in [0.05, 0.1) is 19.3 Å². The van der Waals surface area contributed by atoms with Crippen molar-refractivity contribution in [2.24, 2.45) is 0 Å². The van der Waals surface area contributed by atoms with E-state index in [-0.39, 0.29) is 0 Å². The number of benzene rings is 1. The molecule has 106 valence electrons. The minimum absolute atomic E-state index is 0.310. The maximum Gasteiger partial charge on any atom is 0.360 e. The molecule has 6 heteroatoms. The molecule has 0 N–H and O–H groups in total. The van der Waals surface area contributed by atoms with E-state index in [9.17, 15) is 4.79 Å². The van der Waals surface area contributed by atoms with Crippen molar-refractivity contribution in [1.29, 1.82) is 0 Å². The summed E-state index contributed by atoms with van der Waals surface area (Å²) >= 11 is 3.44. The quantitative estimate of drug-likeness (QED) is 0.787. The van der Waals surface area contributed by atoms with Gasteiger partial charge in [-0.05, 0) is 24.1 Å². The lowest BCUT2D eigenvalue weighted by molar-refractivity contribution is 0.0592. The van der Waals surface area contributed by atoms with Crippen molar-refractivity contribution in [3.05, 3.63) is 45.7 Å². The van der Waals surface area contributed by atoms with Crippen LogP contribution in [0.1, 0.15) is 35.1 Å². The normalized spacial score (nSPS) is 10.6. The summed E-state index contributed by atoms with van der Waals surface area (Å²) in [5.74, 6) is -0.436. The molecule has 1 aromatic carbocycles. The standard InChI is InChI=1S/C14H16BrN3O2/c1-3-5-12-13(14(19)20-2)16-17-18(12)9-10-6-4-7-11(15)8-10/h4,6-8H,3,5,9H2,1-2H3. The van der Waals surface area contributed by atoms with E-state index < -0.39 is 5.97 Å². The zero-order chi connectivity index (χ0) is 14.5. The molecule has 0 aliphatic heterocycles. The van der Waals surface area contributed by atoms with Crippen LogP contribution in [0.15, 0.2) is 28.7 Å². The van der Waals surface area contributed by atoms with Crippen LogP contribution in [0.4, 0.5) is 0 Å². The second-order valence-electron chi connectivity index (χ2n) is 4.41. The summed E-state index contributed by atoms with van der Waals surface area (Å²) in [6, 6.07) is 7.98. The first-order chi connectivity index (χ1) is 9.65. The molecule has 0 amide bonds. The Bertz CT molecular complexity index is 610. The summed E-state index contributed by atoms with van der Waals surface area (Å²) in [6.07, 6.45) is 1.65. The molecule has 0 atom stereocenters. The van der Waals surface area contributed by atoms with E-state index in [2.05, 4.69) is 33.2 Å². The Morgan fingerprint density at radius 1 is 1.45 bits per heavy atom. The van der Waals surface area contributed by atoms with Crippen LogP contribution in [0.25, 0.3) is 0 Å². The molecule has 1 heterocycles. The Kier molecular flexibility index (Phi) is 4.89. The van der Waals surface area contributed by atoms with E-state index in [4.69, 9.17) is 4.74 Å². The fourth-order valence-electron chi connectivity index (χ4n) is 2.01. The third kappa shape index (κ3) is 3.25. The maximum atomic E-state index is 11.7. The van der Waals surface area contributed by atoms with Gasteiger partial charge in [-0.1, -0.05) is 46.6 Å². The Morgan fingerprint density at radius 2 is 2.25 bits per heavy atom. The van der Waals surface area contributed by atoms with Crippen molar-refractivity contribution in [3.63, 3.8) is 0 Å². The third-order valence-corrected chi connectivity index (χ3v) is 3.42. The summed E-state index contributed by atoms with van der Waals surface area (Å²) in [6.45, 7) is 2.64. The van der Waals surface area contributed by atoms with Crippen LogP contribution in [0.3, 0.4) is 0 Å². The number of carbonyl (C=O) groups excluding carboxylic acids is 1. The summed E-state index contributed by atoms with van der Waals surface area (Å²) in [7, 11) is 1.35. The van der Waals surface area contributed by atoms with Crippen molar-refractivity contribution >= 4 is 21.9 Å². The van der Waals surface area contributed by atoms with Gasteiger partial charge in [-0.3, -0.25) is 0 Å². The lowest BCUT2D eigenvalue weighted by Crippen LogP contribution is -2.10. The smallest absolute Gasteiger partial charge is 0.360 e. The average Bonchev–Trinajstić information content (AvgIpc) is 2.82. The molecule has 20 heavy (non-hydrogen) atoms. The molecule has 1 aromatic heterocycles. The molecule has 0 spiro atoms. The van der Waals surface area contributed by atoms with Gasteiger partial charge < -0.3 is 4.74 Å². The van der Waals surface area contributed by atoms with Crippen LogP contribution in [0.5, 0.6) is 0 Å². The monoisotopic (exact) mass is 337 g/mol. The van der Waals surface area contributed by atoms with Crippen LogP contribution >= 0.6 is 15.9 Å². The van der Waals surface area contributed by atoms with Gasteiger partial charge in [0, 0.05) is 4.47 Å². The first-order valence-corrected chi connectivity index (χ1v) is 7.20. The fraction of sp³-hybridized carbons (Fsp3) is 0.357. The minimum Gasteiger partial charge on any atom is -0.464 e. The lowest BCUT2D eigenvalue weighted by Gasteiger charge is -2.07. The van der Waals surface area contributed by atoms with E-state index in [0.29, 0.717) is 12.2 Å². The van der Waals surface area contributed by atoms with Crippen molar-refractivity contribution in [1.82, 2.24) is 15.0 Å². The second-order valence-corrected chi connectivity index (χ2v) is 5.33. The van der Waals surface area contributed by atoms with Gasteiger partial charge in [-0.15, -0.1) is 5.10 Å². The van der Waals surface area contributed by atoms with E-state index in [1.807, 2.05) is 24.3 Å². The highest BCUT2D eigenvalue weighted by molar-refractivity contribution is 9.10. The Labute approximate surface area is 126 Å². The number of carbonyl (C=O) groups is 1. The molecular formula is C14H16BrN3O2. The zero-order valence-electron chi connectivity index (χ0n) is 11.5. The van der Waals surface area contributed by atoms with E-state index in [1.54, 1.807) is 4.68 Å². The summed E-state index contributed by atoms with van der Waals surface area (Å²) in [5.41, 5.74) is 2.22. The van der Waals surface area contributed by atoms with Gasteiger partial charge >= 0.3 is 5.97 Å². The van der Waals surface area contributed by atoms with Crippen molar-refractivity contribution in [3.8, 4) is 0 Å². The van der Waals surface area contributed by atoms with Crippen LogP contribution in [0, 0.1) is 0 Å². The molecule has 5 nitrogen and oxygen atoms in total. The molecule has 2 aromatic rings. The molecule has 0 saturated heterocycles. The van der Waals surface area contributed by atoms with Gasteiger partial charge in [0.2, 0.25) is 0 Å². The number of esters is 1. The summed E-state index contributed by atoms with van der Waals surface area (Å²) in [5, 5.41) is 8.03. The first-order valence-electron chi connectivity index (χ1n) is 6.40. The fourth-order valence-corrected chi connectivity index (χ4v) is 2.45. The van der Waals surface area contributed by atoms with Crippen LogP contribution < -0.4 is 0 Å². The van der Waals surface area contributed by atoms with Gasteiger partial charge in [0.15, 0.2) is 5.69 Å². The number of ether oxygens (including phenoxy) is 1. The predicted octanol–water partition coefficient (Wildman–Crippen LogP) is 2.83. The predicted molar refractivity (Wildman–Crippen MR) is 78.6 cm³/mol. The minimum atomic E-state index is -0.436. The summed E-state index contributed by atoms with van der Waals surface area (Å²) in [4.78, 5) is 11.7. The Morgan fingerprint density at radius 3 is 2.90 bits per heavy atom.